The van der Waals surface area contributed by atoms with Crippen LogP contribution in [0, 0.1) is 6.92 Å². The summed E-state index contributed by atoms with van der Waals surface area (Å²) in [5, 5.41) is 6.53. The summed E-state index contributed by atoms with van der Waals surface area (Å²) in [6.07, 6.45) is 3.49. The lowest BCUT2D eigenvalue weighted by atomic mass is 10.1. The summed E-state index contributed by atoms with van der Waals surface area (Å²) in [6.45, 7) is 5.11. The number of hydrogen-bond donors (Lipinski definition) is 2. The quantitative estimate of drug-likeness (QED) is 0.847. The van der Waals surface area contributed by atoms with Crippen molar-refractivity contribution in [3.8, 4) is 0 Å². The van der Waals surface area contributed by atoms with Crippen molar-refractivity contribution in [1.29, 1.82) is 0 Å². The van der Waals surface area contributed by atoms with E-state index in [0.29, 0.717) is 0 Å². The first-order valence-corrected chi connectivity index (χ1v) is 7.05. The summed E-state index contributed by atoms with van der Waals surface area (Å²) < 4.78 is 0. The summed E-state index contributed by atoms with van der Waals surface area (Å²) in [5.41, 5.74) is 3.79. The minimum atomic E-state index is 0.872. The molecule has 0 radical (unpaired) electrons. The molecule has 0 saturated heterocycles. The average Bonchev–Trinajstić information content (AvgIpc) is 2.47. The van der Waals surface area contributed by atoms with E-state index in [0.717, 1.165) is 36.6 Å². The number of benzene rings is 1. The second-order valence-electron chi connectivity index (χ2n) is 4.82. The van der Waals surface area contributed by atoms with Crippen molar-refractivity contribution in [1.82, 2.24) is 9.97 Å². The van der Waals surface area contributed by atoms with Gasteiger partial charge in [-0.25, -0.2) is 9.97 Å². The topological polar surface area (TPSA) is 49.8 Å². The van der Waals surface area contributed by atoms with Gasteiger partial charge in [0.15, 0.2) is 0 Å². The van der Waals surface area contributed by atoms with Crippen molar-refractivity contribution in [2.24, 2.45) is 0 Å². The molecule has 106 valence electrons. The maximum atomic E-state index is 4.34. The van der Waals surface area contributed by atoms with Crippen molar-refractivity contribution in [2.45, 2.75) is 26.7 Å². The first kappa shape index (κ1) is 14.3. The Labute approximate surface area is 120 Å². The third-order valence-electron chi connectivity index (χ3n) is 3.32. The molecule has 0 fully saturated rings. The predicted molar refractivity (Wildman–Crippen MR) is 84.3 cm³/mol. The number of anilines is 2. The fourth-order valence-corrected chi connectivity index (χ4v) is 2.31. The molecule has 0 aliphatic rings. The van der Waals surface area contributed by atoms with Crippen LogP contribution in [-0.4, -0.2) is 23.6 Å². The number of nitrogens with zero attached hydrogens (tertiary/aromatic N) is 2. The van der Waals surface area contributed by atoms with E-state index in [-0.39, 0.29) is 0 Å². The summed E-state index contributed by atoms with van der Waals surface area (Å²) in [4.78, 5) is 8.59. The van der Waals surface area contributed by atoms with E-state index in [1.165, 1.54) is 11.1 Å². The molecule has 1 aromatic carbocycles. The first-order chi connectivity index (χ1) is 9.74. The summed E-state index contributed by atoms with van der Waals surface area (Å²) >= 11 is 0. The van der Waals surface area contributed by atoms with Gasteiger partial charge in [0.25, 0.3) is 0 Å². The molecule has 1 heterocycles. The highest BCUT2D eigenvalue weighted by molar-refractivity contribution is 5.57. The van der Waals surface area contributed by atoms with E-state index in [2.05, 4.69) is 58.7 Å². The Morgan fingerprint density at radius 3 is 2.65 bits per heavy atom. The van der Waals surface area contributed by atoms with Crippen molar-refractivity contribution >= 4 is 11.6 Å². The number of rotatable bonds is 6. The molecule has 2 N–H and O–H groups in total. The molecule has 2 aromatic rings. The van der Waals surface area contributed by atoms with E-state index in [4.69, 9.17) is 0 Å². The predicted octanol–water partition coefficient (Wildman–Crippen LogP) is 3.04. The largest absolute Gasteiger partial charge is 0.373 e. The molecule has 2 rings (SSSR count). The molecule has 0 spiro atoms. The average molecular weight is 270 g/mol. The summed E-state index contributed by atoms with van der Waals surface area (Å²) in [7, 11) is 1.89. The van der Waals surface area contributed by atoms with Crippen LogP contribution in [0.1, 0.15) is 23.6 Å². The van der Waals surface area contributed by atoms with E-state index in [1.54, 1.807) is 6.33 Å². The molecule has 4 heteroatoms. The second kappa shape index (κ2) is 6.89. The molecule has 4 nitrogen and oxygen atoms in total. The van der Waals surface area contributed by atoms with E-state index >= 15 is 0 Å². The van der Waals surface area contributed by atoms with Gasteiger partial charge in [-0.3, -0.25) is 0 Å². The monoisotopic (exact) mass is 270 g/mol. The molecule has 0 bridgehead atoms. The Morgan fingerprint density at radius 2 is 1.95 bits per heavy atom. The van der Waals surface area contributed by atoms with E-state index in [9.17, 15) is 0 Å². The Morgan fingerprint density at radius 1 is 1.15 bits per heavy atom. The number of aromatic nitrogens is 2. The molecule has 1 aromatic heterocycles. The number of hydrogen-bond acceptors (Lipinski definition) is 4. The third kappa shape index (κ3) is 3.47. The highest BCUT2D eigenvalue weighted by Crippen LogP contribution is 2.19. The molecular formula is C16H22N4. The van der Waals surface area contributed by atoms with Gasteiger partial charge in [0.05, 0.1) is 0 Å². The molecule has 0 saturated carbocycles. The van der Waals surface area contributed by atoms with Crippen molar-refractivity contribution < 1.29 is 0 Å². The smallest absolute Gasteiger partial charge is 0.134 e. The van der Waals surface area contributed by atoms with E-state index < -0.39 is 0 Å². The third-order valence-corrected chi connectivity index (χ3v) is 3.32. The van der Waals surface area contributed by atoms with Gasteiger partial charge >= 0.3 is 0 Å². The van der Waals surface area contributed by atoms with Crippen molar-refractivity contribution in [3.63, 3.8) is 0 Å². The second-order valence-corrected chi connectivity index (χ2v) is 4.82. The Kier molecular flexibility index (Phi) is 4.93. The van der Waals surface area contributed by atoms with Crippen LogP contribution in [0.25, 0.3) is 0 Å². The summed E-state index contributed by atoms with van der Waals surface area (Å²) in [5.74, 6) is 1.83. The standard InChI is InChI=1S/C16H22N4/c1-4-14-15(17-3)19-11-20-16(14)18-9-8-13-7-5-6-12(2)10-13/h5-7,10-11H,4,8-9H2,1-3H3,(H2,17,18,19,20). The van der Waals surface area contributed by atoms with Gasteiger partial charge in [0, 0.05) is 19.2 Å². The lowest BCUT2D eigenvalue weighted by molar-refractivity contribution is 0.972. The molecule has 20 heavy (non-hydrogen) atoms. The summed E-state index contributed by atoms with van der Waals surface area (Å²) in [6, 6.07) is 8.61. The number of nitrogens with one attached hydrogen (secondary N) is 2. The maximum Gasteiger partial charge on any atom is 0.134 e. The van der Waals surface area contributed by atoms with Crippen LogP contribution in [0.3, 0.4) is 0 Å². The molecular weight excluding hydrogens is 248 g/mol. The van der Waals surface area contributed by atoms with Gasteiger partial charge in [0.1, 0.15) is 18.0 Å². The molecule has 0 aliphatic heterocycles. The molecule has 0 aliphatic carbocycles. The van der Waals surface area contributed by atoms with Crippen molar-refractivity contribution in [3.05, 3.63) is 47.3 Å². The SMILES string of the molecule is CCc1c(NC)ncnc1NCCc1cccc(C)c1. The van der Waals surface area contributed by atoms with Gasteiger partial charge in [-0.05, 0) is 25.3 Å². The zero-order valence-corrected chi connectivity index (χ0v) is 12.4. The highest BCUT2D eigenvalue weighted by atomic mass is 15.1. The fraction of sp³-hybridized carbons (Fsp3) is 0.375. The van der Waals surface area contributed by atoms with Crippen molar-refractivity contribution in [2.75, 3.05) is 24.2 Å². The van der Waals surface area contributed by atoms with Gasteiger partial charge in [-0.1, -0.05) is 36.8 Å². The van der Waals surface area contributed by atoms with Crippen LogP contribution in [0.15, 0.2) is 30.6 Å². The Hall–Kier alpha value is -2.10. The normalized spacial score (nSPS) is 10.3. The fourth-order valence-electron chi connectivity index (χ4n) is 2.31. The van der Waals surface area contributed by atoms with Crippen LogP contribution in [0.5, 0.6) is 0 Å². The zero-order valence-electron chi connectivity index (χ0n) is 12.4. The maximum absolute atomic E-state index is 4.34. The minimum Gasteiger partial charge on any atom is -0.373 e. The van der Waals surface area contributed by atoms with Crippen LogP contribution < -0.4 is 10.6 Å². The highest BCUT2D eigenvalue weighted by Gasteiger charge is 2.07. The van der Waals surface area contributed by atoms with Gasteiger partial charge in [-0.15, -0.1) is 0 Å². The van der Waals surface area contributed by atoms with Gasteiger partial charge in [0.2, 0.25) is 0 Å². The van der Waals surface area contributed by atoms with Gasteiger partial charge in [-0.2, -0.15) is 0 Å². The first-order valence-electron chi connectivity index (χ1n) is 7.05. The van der Waals surface area contributed by atoms with E-state index in [1.807, 2.05) is 7.05 Å². The van der Waals surface area contributed by atoms with Gasteiger partial charge < -0.3 is 10.6 Å². The van der Waals surface area contributed by atoms with Crippen LogP contribution in [-0.2, 0) is 12.8 Å². The zero-order chi connectivity index (χ0) is 14.4. The van der Waals surface area contributed by atoms with Crippen LogP contribution >= 0.6 is 0 Å². The van der Waals surface area contributed by atoms with Crippen LogP contribution in [0.2, 0.25) is 0 Å². The molecule has 0 unspecified atom stereocenters. The lowest BCUT2D eigenvalue weighted by Gasteiger charge is -2.12. The minimum absolute atomic E-state index is 0.872. The molecule has 0 amide bonds. The molecule has 0 atom stereocenters. The Bertz CT molecular complexity index is 566. The lowest BCUT2D eigenvalue weighted by Crippen LogP contribution is -2.10. The Balaban J connectivity index is 2.01. The number of aryl methyl sites for hydroxylation is 1. The van der Waals surface area contributed by atoms with Crippen LogP contribution in [0.4, 0.5) is 11.6 Å².